The average Bonchev–Trinajstić information content (AvgIpc) is 3.29. The van der Waals surface area contributed by atoms with Gasteiger partial charge in [0, 0.05) is 25.4 Å². The van der Waals surface area contributed by atoms with E-state index in [4.69, 9.17) is 4.74 Å². The van der Waals surface area contributed by atoms with Crippen molar-refractivity contribution < 1.29 is 13.9 Å². The smallest absolute Gasteiger partial charge is 0.270 e. The zero-order chi connectivity index (χ0) is 21.8. The third-order valence-corrected chi connectivity index (χ3v) is 4.87. The van der Waals surface area contributed by atoms with Crippen molar-refractivity contribution in [3.05, 3.63) is 82.9 Å². The molecule has 0 fully saturated rings. The second-order valence-corrected chi connectivity index (χ2v) is 7.07. The fourth-order valence-corrected chi connectivity index (χ4v) is 3.30. The summed E-state index contributed by atoms with van der Waals surface area (Å²) in [6.45, 7) is 1.94. The second kappa shape index (κ2) is 8.86. The number of nitrogens with one attached hydrogen (secondary N) is 2. The quantitative estimate of drug-likeness (QED) is 0.636. The van der Waals surface area contributed by atoms with Crippen molar-refractivity contribution in [1.82, 2.24) is 25.7 Å². The Bertz CT molecular complexity index is 1140. The van der Waals surface area contributed by atoms with E-state index in [1.807, 2.05) is 12.1 Å². The lowest BCUT2D eigenvalue weighted by atomic mass is 10.0. The van der Waals surface area contributed by atoms with Gasteiger partial charge in [0.15, 0.2) is 11.6 Å². The van der Waals surface area contributed by atoms with E-state index in [0.717, 1.165) is 11.3 Å². The van der Waals surface area contributed by atoms with Crippen molar-refractivity contribution in [3.63, 3.8) is 0 Å². The third-order valence-electron chi connectivity index (χ3n) is 4.87. The standard InChI is InChI=1S/C22H21FN6O2/c1-13-26-18(19-9-17(28-29-19)15-4-3-7-24-12-15)10-20(27-13)22(30)25-11-14-5-6-16(23)21(8-14)31-2/h3-8,10,12,17,28H,9,11H2,1-2H3,(H,25,30). The highest BCUT2D eigenvalue weighted by Gasteiger charge is 2.23. The first-order chi connectivity index (χ1) is 15.0. The molecule has 0 bridgehead atoms. The zero-order valence-electron chi connectivity index (χ0n) is 17.1. The summed E-state index contributed by atoms with van der Waals surface area (Å²) in [6.07, 6.45) is 4.14. The number of hydrazone groups is 1. The lowest BCUT2D eigenvalue weighted by Gasteiger charge is -2.10. The fraction of sp³-hybridized carbons (Fsp3) is 0.227. The van der Waals surface area contributed by atoms with Crippen LogP contribution >= 0.6 is 0 Å². The summed E-state index contributed by atoms with van der Waals surface area (Å²) >= 11 is 0. The Hall–Kier alpha value is -3.88. The van der Waals surface area contributed by atoms with E-state index in [1.165, 1.54) is 13.2 Å². The van der Waals surface area contributed by atoms with Crippen LogP contribution < -0.4 is 15.5 Å². The number of pyridine rings is 1. The highest BCUT2D eigenvalue weighted by Crippen LogP contribution is 2.23. The second-order valence-electron chi connectivity index (χ2n) is 7.07. The van der Waals surface area contributed by atoms with E-state index in [1.54, 1.807) is 37.5 Å². The monoisotopic (exact) mass is 420 g/mol. The molecule has 0 saturated carbocycles. The van der Waals surface area contributed by atoms with Crippen LogP contribution in [0.5, 0.6) is 5.75 Å². The first-order valence-electron chi connectivity index (χ1n) is 9.72. The van der Waals surface area contributed by atoms with Crippen LogP contribution in [0.4, 0.5) is 4.39 Å². The molecule has 8 nitrogen and oxygen atoms in total. The Morgan fingerprint density at radius 1 is 1.29 bits per heavy atom. The van der Waals surface area contributed by atoms with Gasteiger partial charge in [0.25, 0.3) is 5.91 Å². The molecule has 2 aromatic heterocycles. The molecule has 1 aliphatic heterocycles. The van der Waals surface area contributed by atoms with E-state index in [9.17, 15) is 9.18 Å². The molecule has 158 valence electrons. The van der Waals surface area contributed by atoms with Crippen molar-refractivity contribution in [2.24, 2.45) is 5.10 Å². The molecule has 0 aliphatic carbocycles. The maximum atomic E-state index is 13.6. The SMILES string of the molecule is COc1cc(CNC(=O)c2cc(C3=NNC(c4cccnc4)C3)nc(C)n2)ccc1F. The third kappa shape index (κ3) is 4.66. The van der Waals surface area contributed by atoms with Crippen LogP contribution in [0, 0.1) is 12.7 Å². The normalized spacial score (nSPS) is 15.2. The van der Waals surface area contributed by atoms with Crippen LogP contribution in [0.15, 0.2) is 53.9 Å². The van der Waals surface area contributed by atoms with Crippen LogP contribution in [0.3, 0.4) is 0 Å². The predicted octanol–water partition coefficient (Wildman–Crippen LogP) is 2.70. The van der Waals surface area contributed by atoms with Crippen molar-refractivity contribution in [2.45, 2.75) is 25.9 Å². The molecule has 31 heavy (non-hydrogen) atoms. The molecule has 4 rings (SSSR count). The summed E-state index contributed by atoms with van der Waals surface area (Å²) in [5.74, 6) is -0.213. The molecule has 1 atom stereocenters. The van der Waals surface area contributed by atoms with Crippen LogP contribution in [-0.2, 0) is 6.54 Å². The Balaban J connectivity index is 1.46. The molecule has 0 spiro atoms. The summed E-state index contributed by atoms with van der Waals surface area (Å²) in [5.41, 5.74) is 6.42. The van der Waals surface area contributed by atoms with Gasteiger partial charge in [-0.3, -0.25) is 9.78 Å². The first-order valence-corrected chi connectivity index (χ1v) is 9.72. The molecule has 1 unspecified atom stereocenters. The summed E-state index contributed by atoms with van der Waals surface area (Å²) in [7, 11) is 1.39. The van der Waals surface area contributed by atoms with Gasteiger partial charge in [0.05, 0.1) is 24.6 Å². The lowest BCUT2D eigenvalue weighted by molar-refractivity contribution is 0.0945. The molecule has 1 aliphatic rings. The number of aryl methyl sites for hydroxylation is 1. The highest BCUT2D eigenvalue weighted by atomic mass is 19.1. The first kappa shape index (κ1) is 20.4. The maximum Gasteiger partial charge on any atom is 0.270 e. The van der Waals surface area contributed by atoms with E-state index in [0.29, 0.717) is 23.5 Å². The van der Waals surface area contributed by atoms with Crippen molar-refractivity contribution >= 4 is 11.6 Å². The van der Waals surface area contributed by atoms with Gasteiger partial charge in [0.1, 0.15) is 11.5 Å². The number of carbonyl (C=O) groups is 1. The van der Waals surface area contributed by atoms with Gasteiger partial charge in [-0.25, -0.2) is 14.4 Å². The number of nitrogens with zero attached hydrogens (tertiary/aromatic N) is 4. The highest BCUT2D eigenvalue weighted by molar-refractivity contribution is 6.02. The number of benzene rings is 1. The van der Waals surface area contributed by atoms with Crippen molar-refractivity contribution in [2.75, 3.05) is 7.11 Å². The van der Waals surface area contributed by atoms with Crippen LogP contribution in [0.1, 0.15) is 45.6 Å². The summed E-state index contributed by atoms with van der Waals surface area (Å²) < 4.78 is 18.5. The number of carbonyl (C=O) groups excluding carboxylic acids is 1. The van der Waals surface area contributed by atoms with E-state index in [2.05, 4.69) is 30.8 Å². The Morgan fingerprint density at radius 3 is 2.94 bits per heavy atom. The van der Waals surface area contributed by atoms with Gasteiger partial charge in [0.2, 0.25) is 0 Å². The molecule has 1 amide bonds. The maximum absolute atomic E-state index is 13.6. The minimum atomic E-state index is -0.454. The van der Waals surface area contributed by atoms with Crippen LogP contribution in [-0.4, -0.2) is 33.7 Å². The predicted molar refractivity (Wildman–Crippen MR) is 112 cm³/mol. The van der Waals surface area contributed by atoms with E-state index >= 15 is 0 Å². The minimum absolute atomic E-state index is 0.00436. The van der Waals surface area contributed by atoms with Crippen molar-refractivity contribution in [1.29, 1.82) is 0 Å². The summed E-state index contributed by atoms with van der Waals surface area (Å²) in [5, 5.41) is 7.19. The number of rotatable bonds is 6. The van der Waals surface area contributed by atoms with Crippen LogP contribution in [0.25, 0.3) is 0 Å². The van der Waals surface area contributed by atoms with Crippen LogP contribution in [0.2, 0.25) is 0 Å². The van der Waals surface area contributed by atoms with Gasteiger partial charge in [-0.2, -0.15) is 5.10 Å². The minimum Gasteiger partial charge on any atom is -0.494 e. The number of amides is 1. The average molecular weight is 420 g/mol. The van der Waals surface area contributed by atoms with E-state index in [-0.39, 0.29) is 29.9 Å². The van der Waals surface area contributed by atoms with Gasteiger partial charge < -0.3 is 15.5 Å². The Labute approximate surface area is 178 Å². The molecule has 3 aromatic rings. The van der Waals surface area contributed by atoms with Crippen molar-refractivity contribution in [3.8, 4) is 5.75 Å². The molecule has 9 heteroatoms. The summed E-state index contributed by atoms with van der Waals surface area (Å²) in [4.78, 5) is 25.5. The number of hydrogen-bond acceptors (Lipinski definition) is 7. The Morgan fingerprint density at radius 2 is 2.16 bits per heavy atom. The Kier molecular flexibility index (Phi) is 5.83. The molecule has 1 aromatic carbocycles. The number of ether oxygens (including phenoxy) is 1. The van der Waals surface area contributed by atoms with Gasteiger partial charge in [-0.05, 0) is 42.3 Å². The molecule has 3 heterocycles. The number of methoxy groups -OCH3 is 1. The fourth-order valence-electron chi connectivity index (χ4n) is 3.30. The topological polar surface area (TPSA) is 101 Å². The van der Waals surface area contributed by atoms with Gasteiger partial charge >= 0.3 is 0 Å². The van der Waals surface area contributed by atoms with E-state index < -0.39 is 5.82 Å². The summed E-state index contributed by atoms with van der Waals surface area (Å²) in [6, 6.07) is 9.93. The molecule has 0 radical (unpaired) electrons. The largest absolute Gasteiger partial charge is 0.494 e. The molecular formula is C22H21FN6O2. The molecular weight excluding hydrogens is 399 g/mol. The number of halogens is 1. The molecule has 0 saturated heterocycles. The lowest BCUT2D eigenvalue weighted by Crippen LogP contribution is -2.25. The number of aromatic nitrogens is 3. The van der Waals surface area contributed by atoms with Gasteiger partial charge in [-0.1, -0.05) is 12.1 Å². The zero-order valence-corrected chi connectivity index (χ0v) is 17.1. The molecule has 2 N–H and O–H groups in total. The van der Waals surface area contributed by atoms with Gasteiger partial charge in [-0.15, -0.1) is 0 Å². The number of hydrogen-bond donors (Lipinski definition) is 2.